The molecule has 1 heterocycles. The Balaban J connectivity index is 1.44. The highest BCUT2D eigenvalue weighted by molar-refractivity contribution is 9.10. The van der Waals surface area contributed by atoms with Crippen LogP contribution >= 0.6 is 15.9 Å². The van der Waals surface area contributed by atoms with Gasteiger partial charge in [-0.3, -0.25) is 9.59 Å². The van der Waals surface area contributed by atoms with Gasteiger partial charge in [-0.25, -0.2) is 0 Å². The maximum absolute atomic E-state index is 13.5. The Morgan fingerprint density at radius 2 is 1.44 bits per heavy atom. The Morgan fingerprint density at radius 1 is 0.824 bits per heavy atom. The van der Waals surface area contributed by atoms with Gasteiger partial charge in [-0.1, -0.05) is 101 Å². The number of Topliss-reactive ketones (excluding diaryl/α,β-unsaturated/α-hetero) is 1. The zero-order chi connectivity index (χ0) is 23.7. The van der Waals surface area contributed by atoms with Crippen molar-refractivity contribution in [1.82, 2.24) is 0 Å². The van der Waals surface area contributed by atoms with Crippen LogP contribution in [0.15, 0.2) is 108 Å². The predicted molar refractivity (Wildman–Crippen MR) is 136 cm³/mol. The lowest BCUT2D eigenvalue weighted by atomic mass is 9.88. The molecule has 0 spiro atoms. The van der Waals surface area contributed by atoms with Crippen LogP contribution < -0.4 is 4.90 Å². The smallest absolute Gasteiger partial charge is 0.264 e. The summed E-state index contributed by atoms with van der Waals surface area (Å²) in [6.45, 7) is 0.316. The SMILES string of the molecule is O=C(C[C@]1(O)C(=O)N(Cc2ccccc2)c2ccc(Br)cc21)c1ccc(-c2ccccc2)cc1. The fourth-order valence-electron chi connectivity index (χ4n) is 4.43. The zero-order valence-electron chi connectivity index (χ0n) is 18.3. The van der Waals surface area contributed by atoms with E-state index < -0.39 is 11.5 Å². The second-order valence-electron chi connectivity index (χ2n) is 8.44. The molecule has 1 atom stereocenters. The van der Waals surface area contributed by atoms with Gasteiger partial charge in [-0.15, -0.1) is 0 Å². The molecule has 1 aliphatic rings. The van der Waals surface area contributed by atoms with Crippen LogP contribution in [0.4, 0.5) is 5.69 Å². The number of nitrogens with zero attached hydrogens (tertiary/aromatic N) is 1. The van der Waals surface area contributed by atoms with E-state index in [2.05, 4.69) is 15.9 Å². The largest absolute Gasteiger partial charge is 0.375 e. The summed E-state index contributed by atoms with van der Waals surface area (Å²) >= 11 is 3.44. The molecule has 0 unspecified atom stereocenters. The van der Waals surface area contributed by atoms with Crippen molar-refractivity contribution in [2.45, 2.75) is 18.6 Å². The molecule has 4 nitrogen and oxygen atoms in total. The maximum Gasteiger partial charge on any atom is 0.264 e. The van der Waals surface area contributed by atoms with E-state index in [0.717, 1.165) is 21.2 Å². The standard InChI is InChI=1S/C29H22BrNO3/c30-24-15-16-26-25(17-24)29(34,28(33)31(26)19-20-7-3-1-4-8-20)18-27(32)23-13-11-22(12-14-23)21-9-5-2-6-10-21/h1-17,34H,18-19H2/t29-/m1/s1. The number of hydrogen-bond donors (Lipinski definition) is 1. The summed E-state index contributed by atoms with van der Waals surface area (Å²) in [5.74, 6) is -0.776. The molecule has 34 heavy (non-hydrogen) atoms. The summed E-state index contributed by atoms with van der Waals surface area (Å²) in [4.78, 5) is 28.3. The Bertz CT molecular complexity index is 1350. The van der Waals surface area contributed by atoms with Crippen LogP contribution in [-0.4, -0.2) is 16.8 Å². The van der Waals surface area contributed by atoms with E-state index in [1.54, 1.807) is 29.2 Å². The van der Waals surface area contributed by atoms with Crippen molar-refractivity contribution in [2.75, 3.05) is 4.90 Å². The van der Waals surface area contributed by atoms with E-state index in [-0.39, 0.29) is 12.2 Å². The van der Waals surface area contributed by atoms with Gasteiger partial charge in [0.05, 0.1) is 18.7 Å². The van der Waals surface area contributed by atoms with Crippen LogP contribution in [0.3, 0.4) is 0 Å². The van der Waals surface area contributed by atoms with Crippen LogP contribution in [0.5, 0.6) is 0 Å². The molecule has 0 fully saturated rings. The summed E-state index contributed by atoms with van der Waals surface area (Å²) in [5.41, 5.74) is 2.58. The fraction of sp³-hybridized carbons (Fsp3) is 0.103. The number of rotatable bonds is 6. The van der Waals surface area contributed by atoms with E-state index >= 15 is 0 Å². The third-order valence-electron chi connectivity index (χ3n) is 6.21. The second kappa shape index (κ2) is 9.01. The van der Waals surface area contributed by atoms with Gasteiger partial charge in [0.1, 0.15) is 0 Å². The minimum absolute atomic E-state index is 0.289. The average Bonchev–Trinajstić information content (AvgIpc) is 3.06. The number of anilines is 1. The molecule has 0 radical (unpaired) electrons. The maximum atomic E-state index is 13.5. The topological polar surface area (TPSA) is 57.6 Å². The van der Waals surface area contributed by atoms with Gasteiger partial charge in [-0.05, 0) is 34.9 Å². The monoisotopic (exact) mass is 511 g/mol. The van der Waals surface area contributed by atoms with Gasteiger partial charge in [0, 0.05) is 15.6 Å². The van der Waals surface area contributed by atoms with E-state index in [1.165, 1.54) is 0 Å². The third kappa shape index (κ3) is 4.09. The average molecular weight is 512 g/mol. The summed E-state index contributed by atoms with van der Waals surface area (Å²) < 4.78 is 0.735. The minimum Gasteiger partial charge on any atom is -0.375 e. The number of carbonyl (C=O) groups excluding carboxylic acids is 2. The molecule has 168 valence electrons. The minimum atomic E-state index is -1.93. The van der Waals surface area contributed by atoms with Crippen molar-refractivity contribution in [1.29, 1.82) is 0 Å². The number of aliphatic hydroxyl groups is 1. The number of benzene rings is 4. The molecule has 0 aliphatic carbocycles. The first-order valence-electron chi connectivity index (χ1n) is 11.0. The van der Waals surface area contributed by atoms with Gasteiger partial charge < -0.3 is 10.0 Å². The molecule has 4 aromatic rings. The van der Waals surface area contributed by atoms with Gasteiger partial charge in [-0.2, -0.15) is 0 Å². The molecule has 5 rings (SSSR count). The zero-order valence-corrected chi connectivity index (χ0v) is 19.9. The molecule has 0 bridgehead atoms. The van der Waals surface area contributed by atoms with E-state index in [4.69, 9.17) is 0 Å². The first-order valence-corrected chi connectivity index (χ1v) is 11.8. The highest BCUT2D eigenvalue weighted by Gasteiger charge is 2.51. The molecule has 0 saturated heterocycles. The quantitative estimate of drug-likeness (QED) is 0.317. The number of hydrogen-bond acceptors (Lipinski definition) is 3. The number of ketones is 1. The molecule has 4 aromatic carbocycles. The summed E-state index contributed by atoms with van der Waals surface area (Å²) in [6.07, 6.45) is -0.328. The number of halogens is 1. The lowest BCUT2D eigenvalue weighted by Crippen LogP contribution is -2.41. The van der Waals surface area contributed by atoms with Crippen LogP contribution in [-0.2, 0) is 16.9 Å². The van der Waals surface area contributed by atoms with Gasteiger partial charge in [0.2, 0.25) is 0 Å². The first kappa shape index (κ1) is 22.3. The van der Waals surface area contributed by atoms with Crippen molar-refractivity contribution in [3.8, 4) is 11.1 Å². The Morgan fingerprint density at radius 3 is 2.12 bits per heavy atom. The number of carbonyl (C=O) groups is 2. The highest BCUT2D eigenvalue weighted by Crippen LogP contribution is 2.44. The van der Waals surface area contributed by atoms with Crippen LogP contribution in [0.1, 0.15) is 27.9 Å². The molecular weight excluding hydrogens is 490 g/mol. The van der Waals surface area contributed by atoms with E-state index in [0.29, 0.717) is 23.4 Å². The normalized spacial score (nSPS) is 17.0. The van der Waals surface area contributed by atoms with Crippen molar-refractivity contribution in [3.05, 3.63) is 124 Å². The summed E-state index contributed by atoms with van der Waals surface area (Å²) in [5, 5.41) is 11.6. The highest BCUT2D eigenvalue weighted by atomic mass is 79.9. The number of fused-ring (bicyclic) bond motifs is 1. The fourth-order valence-corrected chi connectivity index (χ4v) is 4.79. The van der Waals surface area contributed by atoms with Crippen molar-refractivity contribution in [2.24, 2.45) is 0 Å². The molecule has 0 aromatic heterocycles. The summed E-state index contributed by atoms with van der Waals surface area (Å²) in [7, 11) is 0. The van der Waals surface area contributed by atoms with Gasteiger partial charge in [0.25, 0.3) is 5.91 Å². The Labute approximate surface area is 206 Å². The molecule has 0 saturated carbocycles. The van der Waals surface area contributed by atoms with Crippen LogP contribution in [0, 0.1) is 0 Å². The third-order valence-corrected chi connectivity index (χ3v) is 6.70. The van der Waals surface area contributed by atoms with E-state index in [1.807, 2.05) is 78.9 Å². The molecule has 1 amide bonds. The first-order chi connectivity index (χ1) is 16.5. The number of amides is 1. The molecular formula is C29H22BrNO3. The predicted octanol–water partition coefficient (Wildman–Crippen LogP) is 6.12. The van der Waals surface area contributed by atoms with Crippen LogP contribution in [0.25, 0.3) is 11.1 Å². The summed E-state index contributed by atoms with van der Waals surface area (Å²) in [6, 6.07) is 32.1. The molecule has 5 heteroatoms. The van der Waals surface area contributed by atoms with Crippen molar-refractivity contribution >= 4 is 33.3 Å². The van der Waals surface area contributed by atoms with Gasteiger partial charge in [0.15, 0.2) is 11.4 Å². The van der Waals surface area contributed by atoms with Gasteiger partial charge >= 0.3 is 0 Å². The molecule has 1 aliphatic heterocycles. The lowest BCUT2D eigenvalue weighted by Gasteiger charge is -2.23. The van der Waals surface area contributed by atoms with Crippen molar-refractivity contribution in [3.63, 3.8) is 0 Å². The molecule has 1 N–H and O–H groups in total. The van der Waals surface area contributed by atoms with E-state index in [9.17, 15) is 14.7 Å². The van der Waals surface area contributed by atoms with Crippen LogP contribution in [0.2, 0.25) is 0 Å². The Kier molecular flexibility index (Phi) is 5.90. The Hall–Kier alpha value is -3.54. The second-order valence-corrected chi connectivity index (χ2v) is 9.36. The lowest BCUT2D eigenvalue weighted by molar-refractivity contribution is -0.136. The van der Waals surface area contributed by atoms with Crippen molar-refractivity contribution < 1.29 is 14.7 Å².